The number of allylic oxidation sites excluding steroid dienone is 1. The fraction of sp³-hybridized carbons (Fsp3) is 0.750. The van der Waals surface area contributed by atoms with E-state index < -0.39 is 5.41 Å². The predicted molar refractivity (Wildman–Crippen MR) is 77.1 cm³/mol. The van der Waals surface area contributed by atoms with E-state index in [1.807, 2.05) is 20.8 Å². The van der Waals surface area contributed by atoms with Crippen molar-refractivity contribution in [2.24, 2.45) is 5.41 Å². The Morgan fingerprint density at radius 1 is 1.50 bits per heavy atom. The second-order valence-electron chi connectivity index (χ2n) is 4.85. The highest BCUT2D eigenvalue weighted by atomic mass is 127. The topological polar surface area (TPSA) is 26.3 Å². The van der Waals surface area contributed by atoms with E-state index in [0.717, 1.165) is 22.8 Å². The van der Waals surface area contributed by atoms with Crippen LogP contribution in [-0.2, 0) is 9.53 Å². The number of ether oxygens (including phenoxy) is 1. The summed E-state index contributed by atoms with van der Waals surface area (Å²) in [6.45, 7) is 9.79. The Morgan fingerprint density at radius 3 is 2.50 bits per heavy atom. The maximum absolute atomic E-state index is 11.4. The standard InChI is InChI=1S/C12H20ClIO2/c1-9(14)8-10(13)6-5-7-16-11(15)12(2,3)4/h10H,1,5-8H2,2-4H3/t10-/m1/s1. The Hall–Kier alpha value is 0.230. The molecule has 0 spiro atoms. The summed E-state index contributed by atoms with van der Waals surface area (Å²) in [6, 6.07) is 0. The fourth-order valence-corrected chi connectivity index (χ4v) is 2.16. The number of hydrogen-bond acceptors (Lipinski definition) is 2. The van der Waals surface area contributed by atoms with Gasteiger partial charge in [-0.3, -0.25) is 4.79 Å². The molecular formula is C12H20ClIO2. The number of esters is 1. The third-order valence-electron chi connectivity index (χ3n) is 1.95. The van der Waals surface area contributed by atoms with E-state index in [0.29, 0.717) is 6.61 Å². The number of alkyl halides is 1. The molecule has 16 heavy (non-hydrogen) atoms. The van der Waals surface area contributed by atoms with Crippen molar-refractivity contribution in [2.75, 3.05) is 6.61 Å². The van der Waals surface area contributed by atoms with Crippen LogP contribution in [0.1, 0.15) is 40.0 Å². The van der Waals surface area contributed by atoms with E-state index in [9.17, 15) is 4.79 Å². The summed E-state index contributed by atoms with van der Waals surface area (Å²) in [5.74, 6) is -0.156. The van der Waals surface area contributed by atoms with Gasteiger partial charge in [0, 0.05) is 5.38 Å². The summed E-state index contributed by atoms with van der Waals surface area (Å²) in [5, 5.41) is 0.0951. The third-order valence-corrected chi connectivity index (χ3v) is 2.76. The first-order valence-corrected chi connectivity index (χ1v) is 6.89. The highest BCUT2D eigenvalue weighted by molar-refractivity contribution is 14.1. The summed E-state index contributed by atoms with van der Waals surface area (Å²) in [5.41, 5.74) is -0.420. The zero-order valence-corrected chi connectivity index (χ0v) is 13.1. The molecule has 0 rings (SSSR count). The third kappa shape index (κ3) is 8.39. The van der Waals surface area contributed by atoms with Gasteiger partial charge in [-0.05, 0) is 66.2 Å². The van der Waals surface area contributed by atoms with Crippen LogP contribution in [0.25, 0.3) is 0 Å². The second kappa shape index (κ2) is 7.54. The van der Waals surface area contributed by atoms with Gasteiger partial charge in [0.05, 0.1) is 12.0 Å². The average Bonchev–Trinajstić information content (AvgIpc) is 2.09. The van der Waals surface area contributed by atoms with Crippen LogP contribution < -0.4 is 0 Å². The molecule has 0 aliphatic carbocycles. The van der Waals surface area contributed by atoms with Gasteiger partial charge >= 0.3 is 5.97 Å². The van der Waals surface area contributed by atoms with Crippen molar-refractivity contribution in [1.82, 2.24) is 0 Å². The first-order valence-electron chi connectivity index (χ1n) is 5.38. The van der Waals surface area contributed by atoms with Crippen molar-refractivity contribution in [3.63, 3.8) is 0 Å². The van der Waals surface area contributed by atoms with Gasteiger partial charge < -0.3 is 4.74 Å². The SMILES string of the molecule is C=C(I)C[C@H](Cl)CCCOC(=O)C(C)(C)C. The minimum absolute atomic E-state index is 0.0951. The van der Waals surface area contributed by atoms with Crippen LogP contribution in [-0.4, -0.2) is 18.0 Å². The monoisotopic (exact) mass is 358 g/mol. The highest BCUT2D eigenvalue weighted by Crippen LogP contribution is 2.19. The quantitative estimate of drug-likeness (QED) is 0.306. The molecule has 0 radical (unpaired) electrons. The Bertz CT molecular complexity index is 246. The Labute approximate surface area is 117 Å². The zero-order valence-electron chi connectivity index (χ0n) is 10.2. The van der Waals surface area contributed by atoms with E-state index in [4.69, 9.17) is 16.3 Å². The smallest absolute Gasteiger partial charge is 0.311 e. The van der Waals surface area contributed by atoms with Crippen LogP contribution in [0.5, 0.6) is 0 Å². The molecule has 0 saturated heterocycles. The highest BCUT2D eigenvalue weighted by Gasteiger charge is 2.22. The molecule has 0 heterocycles. The average molecular weight is 359 g/mol. The molecule has 0 saturated carbocycles. The Balaban J connectivity index is 3.61. The number of carbonyl (C=O) groups is 1. The number of hydrogen-bond donors (Lipinski definition) is 0. The van der Waals surface area contributed by atoms with E-state index in [2.05, 4.69) is 29.2 Å². The summed E-state index contributed by atoms with van der Waals surface area (Å²) < 4.78 is 6.20. The van der Waals surface area contributed by atoms with Crippen LogP contribution >= 0.6 is 34.2 Å². The van der Waals surface area contributed by atoms with Gasteiger partial charge in [0.25, 0.3) is 0 Å². The van der Waals surface area contributed by atoms with Gasteiger partial charge in [0.15, 0.2) is 0 Å². The molecule has 0 aromatic carbocycles. The van der Waals surface area contributed by atoms with Crippen molar-refractivity contribution >= 4 is 40.2 Å². The van der Waals surface area contributed by atoms with Gasteiger partial charge in [-0.1, -0.05) is 6.58 Å². The summed E-state index contributed by atoms with van der Waals surface area (Å²) in [7, 11) is 0. The van der Waals surface area contributed by atoms with Crippen molar-refractivity contribution in [3.8, 4) is 0 Å². The summed E-state index contributed by atoms with van der Waals surface area (Å²) >= 11 is 8.25. The van der Waals surface area contributed by atoms with Crippen molar-refractivity contribution in [1.29, 1.82) is 0 Å². The van der Waals surface area contributed by atoms with Crippen molar-refractivity contribution < 1.29 is 9.53 Å². The first-order chi connectivity index (χ1) is 7.23. The van der Waals surface area contributed by atoms with Gasteiger partial charge in [0.2, 0.25) is 0 Å². The van der Waals surface area contributed by atoms with E-state index >= 15 is 0 Å². The summed E-state index contributed by atoms with van der Waals surface area (Å²) in [4.78, 5) is 11.4. The zero-order chi connectivity index (χ0) is 12.8. The number of rotatable bonds is 6. The predicted octanol–water partition coefficient (Wildman–Crippen LogP) is 4.30. The molecule has 0 bridgehead atoms. The number of halogens is 2. The molecule has 0 aliphatic rings. The van der Waals surface area contributed by atoms with Crippen LogP contribution in [0.15, 0.2) is 10.2 Å². The molecule has 2 nitrogen and oxygen atoms in total. The van der Waals surface area contributed by atoms with Crippen LogP contribution in [0.4, 0.5) is 0 Å². The molecule has 94 valence electrons. The molecule has 0 aromatic heterocycles. The maximum Gasteiger partial charge on any atom is 0.311 e. The second-order valence-corrected chi connectivity index (χ2v) is 6.99. The van der Waals surface area contributed by atoms with Gasteiger partial charge in [-0.15, -0.1) is 11.6 Å². The van der Waals surface area contributed by atoms with Crippen LogP contribution in [0.3, 0.4) is 0 Å². The van der Waals surface area contributed by atoms with Gasteiger partial charge in [-0.25, -0.2) is 0 Å². The lowest BCUT2D eigenvalue weighted by Crippen LogP contribution is -2.23. The number of carbonyl (C=O) groups excluding carboxylic acids is 1. The minimum atomic E-state index is -0.420. The van der Waals surface area contributed by atoms with Crippen LogP contribution in [0.2, 0.25) is 0 Å². The Kier molecular flexibility index (Phi) is 7.64. The molecule has 4 heteroatoms. The molecule has 0 fully saturated rings. The van der Waals surface area contributed by atoms with E-state index in [1.165, 1.54) is 0 Å². The molecule has 0 unspecified atom stereocenters. The lowest BCUT2D eigenvalue weighted by atomic mass is 9.97. The van der Waals surface area contributed by atoms with Crippen molar-refractivity contribution in [2.45, 2.75) is 45.4 Å². The van der Waals surface area contributed by atoms with Crippen LogP contribution in [0, 0.1) is 5.41 Å². The Morgan fingerprint density at radius 2 is 2.06 bits per heavy atom. The lowest BCUT2D eigenvalue weighted by molar-refractivity contribution is -0.153. The molecule has 0 aliphatic heterocycles. The largest absolute Gasteiger partial charge is 0.465 e. The fourth-order valence-electron chi connectivity index (χ4n) is 1.03. The van der Waals surface area contributed by atoms with Gasteiger partial charge in [0.1, 0.15) is 0 Å². The normalized spacial score (nSPS) is 13.3. The molecule has 0 N–H and O–H groups in total. The molecule has 0 aromatic rings. The first kappa shape index (κ1) is 16.2. The molecular weight excluding hydrogens is 338 g/mol. The van der Waals surface area contributed by atoms with Crippen molar-refractivity contribution in [3.05, 3.63) is 10.2 Å². The molecule has 0 amide bonds. The maximum atomic E-state index is 11.4. The lowest BCUT2D eigenvalue weighted by Gasteiger charge is -2.16. The van der Waals surface area contributed by atoms with E-state index in [1.54, 1.807) is 0 Å². The summed E-state index contributed by atoms with van der Waals surface area (Å²) in [6.07, 6.45) is 2.47. The minimum Gasteiger partial charge on any atom is -0.465 e. The van der Waals surface area contributed by atoms with Gasteiger partial charge in [-0.2, -0.15) is 0 Å². The molecule has 1 atom stereocenters. The van der Waals surface area contributed by atoms with E-state index in [-0.39, 0.29) is 11.3 Å².